The third-order valence-electron chi connectivity index (χ3n) is 5.94. The molecule has 0 saturated carbocycles. The molecule has 4 rings (SSSR count). The molecule has 1 aromatic heterocycles. The number of ether oxygens (including phenoxy) is 1. The molecule has 0 aliphatic carbocycles. The fraction of sp³-hybridized carbons (Fsp3) is 0.346. The summed E-state index contributed by atoms with van der Waals surface area (Å²) in [5.41, 5.74) is 4.27. The topological polar surface area (TPSA) is 45.3 Å². The smallest absolute Gasteiger partial charge is 0.330 e. The molecule has 0 amide bonds. The molecule has 0 spiro atoms. The minimum Gasteiger partial charge on any atom is -0.466 e. The number of nitrogens with one attached hydrogen (secondary N) is 1. The minimum absolute atomic E-state index is 0.0696. The van der Waals surface area contributed by atoms with Gasteiger partial charge in [-0.15, -0.1) is 0 Å². The largest absolute Gasteiger partial charge is 0.466 e. The lowest BCUT2D eigenvalue weighted by atomic mass is 9.87. The second-order valence-corrected chi connectivity index (χ2v) is 8.93. The fourth-order valence-corrected chi connectivity index (χ4v) is 4.57. The van der Waals surface area contributed by atoms with Crippen LogP contribution in [0.5, 0.6) is 0 Å². The molecule has 2 atom stereocenters. The number of carbonyl (C=O) groups excluding carboxylic acids is 1. The molecule has 4 nitrogen and oxygen atoms in total. The van der Waals surface area contributed by atoms with Gasteiger partial charge in [-0.2, -0.15) is 0 Å². The number of hydrogen-bond acceptors (Lipinski definition) is 3. The van der Waals surface area contributed by atoms with E-state index in [1.165, 1.54) is 24.1 Å². The van der Waals surface area contributed by atoms with Crippen LogP contribution in [0.3, 0.4) is 0 Å². The highest BCUT2D eigenvalue weighted by Gasteiger charge is 2.38. The van der Waals surface area contributed by atoms with E-state index in [0.717, 1.165) is 28.8 Å². The van der Waals surface area contributed by atoms with Gasteiger partial charge in [0.05, 0.1) is 13.2 Å². The van der Waals surface area contributed by atoms with Gasteiger partial charge in [0.25, 0.3) is 0 Å². The predicted molar refractivity (Wildman–Crippen MR) is 123 cm³/mol. The molecule has 2 heterocycles. The number of aromatic amines is 1. The summed E-state index contributed by atoms with van der Waals surface area (Å²) in [5.74, 6) is -0.385. The summed E-state index contributed by atoms with van der Waals surface area (Å²) < 4.78 is 19.4. The number of halogens is 1. The lowest BCUT2D eigenvalue weighted by molar-refractivity contribution is -0.134. The zero-order chi connectivity index (χ0) is 22.2. The van der Waals surface area contributed by atoms with E-state index >= 15 is 0 Å². The van der Waals surface area contributed by atoms with Crippen molar-refractivity contribution in [1.82, 2.24) is 9.88 Å². The highest BCUT2D eigenvalue weighted by molar-refractivity contribution is 5.87. The zero-order valence-corrected chi connectivity index (χ0v) is 18.5. The summed E-state index contributed by atoms with van der Waals surface area (Å²) in [7, 11) is 1.36. The average Bonchev–Trinajstić information content (AvgIpc) is 3.10. The molecule has 3 aromatic rings. The van der Waals surface area contributed by atoms with Crippen molar-refractivity contribution in [1.29, 1.82) is 0 Å². The summed E-state index contributed by atoms with van der Waals surface area (Å²) in [6.07, 6.45) is 4.02. The number of H-pyrrole nitrogens is 1. The number of aromatic nitrogens is 1. The average molecular weight is 421 g/mol. The first kappa shape index (κ1) is 21.3. The van der Waals surface area contributed by atoms with Gasteiger partial charge in [0.1, 0.15) is 5.67 Å². The van der Waals surface area contributed by atoms with Gasteiger partial charge in [-0.3, -0.25) is 4.90 Å². The molecule has 0 saturated heterocycles. The van der Waals surface area contributed by atoms with E-state index in [1.54, 1.807) is 19.9 Å². The molecule has 31 heavy (non-hydrogen) atoms. The second-order valence-electron chi connectivity index (χ2n) is 8.93. The van der Waals surface area contributed by atoms with Gasteiger partial charge >= 0.3 is 5.97 Å². The van der Waals surface area contributed by atoms with Crippen molar-refractivity contribution in [3.8, 4) is 0 Å². The summed E-state index contributed by atoms with van der Waals surface area (Å²) in [6.45, 7) is 5.80. The number of fused-ring (bicyclic) bond motifs is 3. The van der Waals surface area contributed by atoms with E-state index in [-0.39, 0.29) is 18.1 Å². The second kappa shape index (κ2) is 8.31. The van der Waals surface area contributed by atoms with E-state index in [0.29, 0.717) is 6.54 Å². The van der Waals surface area contributed by atoms with E-state index in [9.17, 15) is 9.18 Å². The van der Waals surface area contributed by atoms with E-state index in [4.69, 9.17) is 0 Å². The molecule has 0 unspecified atom stereocenters. The van der Waals surface area contributed by atoms with Gasteiger partial charge in [0.2, 0.25) is 0 Å². The number of methoxy groups -OCH3 is 1. The SMILES string of the molecule is COC(=O)C=Cc1ccc([C@@H]2c3[nH]c4ccccc4c3C[C@@H](C)N2CC(C)(C)F)cc1. The van der Waals surface area contributed by atoms with Crippen molar-refractivity contribution in [2.75, 3.05) is 13.7 Å². The standard InChI is InChI=1S/C26H29FN2O2/c1-17-15-21-20-7-5-6-8-22(20)28-24(21)25(29(17)16-26(2,3)27)19-12-9-18(10-13-19)11-14-23(30)31-4/h5-14,17,25,28H,15-16H2,1-4H3/t17-,25-/m1/s1. The van der Waals surface area contributed by atoms with Crippen LogP contribution in [0.2, 0.25) is 0 Å². The highest BCUT2D eigenvalue weighted by atomic mass is 19.1. The van der Waals surface area contributed by atoms with Gasteiger partial charge in [0.15, 0.2) is 0 Å². The Morgan fingerprint density at radius 2 is 1.94 bits per heavy atom. The molecular formula is C26H29FN2O2. The van der Waals surface area contributed by atoms with Crippen LogP contribution in [0.1, 0.15) is 49.2 Å². The van der Waals surface area contributed by atoms with Crippen molar-refractivity contribution >= 4 is 22.9 Å². The van der Waals surface area contributed by atoms with E-state index < -0.39 is 5.67 Å². The van der Waals surface area contributed by atoms with Crippen LogP contribution < -0.4 is 0 Å². The molecule has 1 aliphatic heterocycles. The molecule has 0 fully saturated rings. The quantitative estimate of drug-likeness (QED) is 0.442. The first-order valence-electron chi connectivity index (χ1n) is 10.7. The Balaban J connectivity index is 1.78. The monoisotopic (exact) mass is 420 g/mol. The summed E-state index contributed by atoms with van der Waals surface area (Å²) in [4.78, 5) is 17.3. The lowest BCUT2D eigenvalue weighted by Crippen LogP contribution is -2.47. The number of alkyl halides is 1. The molecule has 2 aromatic carbocycles. The number of benzene rings is 2. The first-order chi connectivity index (χ1) is 14.8. The fourth-order valence-electron chi connectivity index (χ4n) is 4.57. The lowest BCUT2D eigenvalue weighted by Gasteiger charge is -2.43. The van der Waals surface area contributed by atoms with Gasteiger partial charge in [-0.25, -0.2) is 9.18 Å². The van der Waals surface area contributed by atoms with Crippen molar-refractivity contribution < 1.29 is 13.9 Å². The Kier molecular flexibility index (Phi) is 5.71. The maximum absolute atomic E-state index is 14.8. The Hall–Kier alpha value is -2.92. The van der Waals surface area contributed by atoms with Gasteiger partial charge < -0.3 is 9.72 Å². The van der Waals surface area contributed by atoms with Crippen LogP contribution in [0.25, 0.3) is 17.0 Å². The van der Waals surface area contributed by atoms with Crippen LogP contribution in [-0.4, -0.2) is 41.2 Å². The molecule has 0 bridgehead atoms. The minimum atomic E-state index is -1.31. The van der Waals surface area contributed by atoms with Crippen molar-refractivity contribution in [3.05, 3.63) is 77.0 Å². The Labute approximate surface area is 182 Å². The van der Waals surface area contributed by atoms with Crippen molar-refractivity contribution in [2.45, 2.75) is 44.9 Å². The van der Waals surface area contributed by atoms with Crippen LogP contribution in [-0.2, 0) is 16.0 Å². The number of rotatable bonds is 5. The number of esters is 1. The van der Waals surface area contributed by atoms with Gasteiger partial charge in [-0.05, 0) is 56.0 Å². The van der Waals surface area contributed by atoms with Gasteiger partial charge in [-0.1, -0.05) is 42.5 Å². The Bertz CT molecular complexity index is 1110. The van der Waals surface area contributed by atoms with E-state index in [2.05, 4.69) is 51.9 Å². The molecule has 1 N–H and O–H groups in total. The van der Waals surface area contributed by atoms with Crippen LogP contribution >= 0.6 is 0 Å². The Morgan fingerprint density at radius 1 is 1.23 bits per heavy atom. The summed E-state index contributed by atoms with van der Waals surface area (Å²) >= 11 is 0. The number of nitrogens with zero attached hydrogens (tertiary/aromatic N) is 1. The molecular weight excluding hydrogens is 391 g/mol. The first-order valence-corrected chi connectivity index (χ1v) is 10.7. The maximum Gasteiger partial charge on any atom is 0.330 e. The summed E-state index contributed by atoms with van der Waals surface area (Å²) in [5, 5.41) is 1.24. The summed E-state index contributed by atoms with van der Waals surface area (Å²) in [6, 6.07) is 16.6. The number of carbonyl (C=O) groups is 1. The number of hydrogen-bond donors (Lipinski definition) is 1. The van der Waals surface area contributed by atoms with Crippen LogP contribution in [0, 0.1) is 0 Å². The zero-order valence-electron chi connectivity index (χ0n) is 18.5. The molecule has 0 radical (unpaired) electrons. The normalized spacial score (nSPS) is 19.6. The van der Waals surface area contributed by atoms with Crippen LogP contribution in [0.15, 0.2) is 54.6 Å². The van der Waals surface area contributed by atoms with Crippen LogP contribution in [0.4, 0.5) is 4.39 Å². The maximum atomic E-state index is 14.8. The number of para-hydroxylation sites is 1. The predicted octanol–water partition coefficient (Wildman–Crippen LogP) is 5.44. The third-order valence-corrected chi connectivity index (χ3v) is 5.94. The molecule has 1 aliphatic rings. The molecule has 5 heteroatoms. The van der Waals surface area contributed by atoms with E-state index in [1.807, 2.05) is 18.2 Å². The van der Waals surface area contributed by atoms with Crippen molar-refractivity contribution in [3.63, 3.8) is 0 Å². The van der Waals surface area contributed by atoms with Gasteiger partial charge in [0, 0.05) is 35.3 Å². The van der Waals surface area contributed by atoms with Crippen molar-refractivity contribution in [2.24, 2.45) is 0 Å². The molecule has 162 valence electrons. The highest BCUT2D eigenvalue weighted by Crippen LogP contribution is 2.41. The Morgan fingerprint density at radius 3 is 2.61 bits per heavy atom. The third kappa shape index (κ3) is 4.42.